The van der Waals surface area contributed by atoms with Crippen LogP contribution in [0, 0.1) is 0 Å². The van der Waals surface area contributed by atoms with E-state index in [2.05, 4.69) is 34.6 Å². The largest absolute Gasteiger partial charge is 0.383 e. The van der Waals surface area contributed by atoms with Crippen LogP contribution in [0.15, 0.2) is 17.4 Å². The third-order valence-electron chi connectivity index (χ3n) is 2.80. The lowest BCUT2D eigenvalue weighted by molar-refractivity contribution is 0.179. The van der Waals surface area contributed by atoms with E-state index in [0.717, 1.165) is 31.9 Å². The van der Waals surface area contributed by atoms with Crippen LogP contribution in [0.2, 0.25) is 0 Å². The van der Waals surface area contributed by atoms with E-state index in [1.54, 1.807) is 7.11 Å². The Morgan fingerprint density at radius 2 is 2.29 bits per heavy atom. The predicted octanol–water partition coefficient (Wildman–Crippen LogP) is 1.56. The number of aromatic nitrogens is 2. The van der Waals surface area contributed by atoms with Crippen LogP contribution in [0.25, 0.3) is 0 Å². The van der Waals surface area contributed by atoms with Crippen molar-refractivity contribution in [2.24, 2.45) is 12.0 Å². The van der Waals surface area contributed by atoms with Crippen LogP contribution in [-0.2, 0) is 18.2 Å². The van der Waals surface area contributed by atoms with E-state index in [9.17, 15) is 0 Å². The van der Waals surface area contributed by atoms with Crippen molar-refractivity contribution in [2.45, 2.75) is 32.7 Å². The summed E-state index contributed by atoms with van der Waals surface area (Å²) in [6, 6.07) is 0.246. The van der Waals surface area contributed by atoms with Gasteiger partial charge in [0.05, 0.1) is 12.8 Å². The van der Waals surface area contributed by atoms with Gasteiger partial charge in [0.1, 0.15) is 0 Å². The van der Waals surface area contributed by atoms with E-state index >= 15 is 0 Å². The quantitative estimate of drug-likeness (QED) is 0.296. The van der Waals surface area contributed by atoms with Gasteiger partial charge in [-0.2, -0.15) is 5.10 Å². The molecule has 2 N–H and O–H groups in total. The molecule has 21 heavy (non-hydrogen) atoms. The smallest absolute Gasteiger partial charge is 0.191 e. The van der Waals surface area contributed by atoms with Crippen LogP contribution in [0.3, 0.4) is 0 Å². The summed E-state index contributed by atoms with van der Waals surface area (Å²) in [5, 5.41) is 10.7. The Hall–Kier alpha value is -0.830. The fourth-order valence-electron chi connectivity index (χ4n) is 1.92. The number of guanidine groups is 1. The zero-order chi connectivity index (χ0) is 14.8. The predicted molar refractivity (Wildman–Crippen MR) is 97.4 cm³/mol. The molecule has 0 saturated heterocycles. The summed E-state index contributed by atoms with van der Waals surface area (Å²) in [6.07, 6.45) is 5.98. The molecular weight excluding hydrogens is 381 g/mol. The molecule has 0 fully saturated rings. The number of halogens is 1. The van der Waals surface area contributed by atoms with E-state index in [0.29, 0.717) is 6.61 Å². The molecule has 1 unspecified atom stereocenters. The maximum atomic E-state index is 5.11. The normalized spacial score (nSPS) is 12.7. The Morgan fingerprint density at radius 3 is 2.86 bits per heavy atom. The number of nitrogens with zero attached hydrogens (tertiary/aromatic N) is 3. The first-order chi connectivity index (χ1) is 9.65. The van der Waals surface area contributed by atoms with E-state index in [-0.39, 0.29) is 30.0 Å². The summed E-state index contributed by atoms with van der Waals surface area (Å²) in [5.74, 6) is 0.850. The second-order valence-electron chi connectivity index (χ2n) is 4.89. The molecule has 1 aromatic rings. The average Bonchev–Trinajstić information content (AvgIpc) is 2.81. The zero-order valence-corrected chi connectivity index (χ0v) is 15.8. The molecule has 1 heterocycles. The molecule has 0 radical (unpaired) electrons. The van der Waals surface area contributed by atoms with Gasteiger partial charge in [0.2, 0.25) is 0 Å². The van der Waals surface area contributed by atoms with Crippen LogP contribution in [0.5, 0.6) is 0 Å². The first-order valence-corrected chi connectivity index (χ1v) is 7.17. The van der Waals surface area contributed by atoms with Crippen LogP contribution >= 0.6 is 24.0 Å². The first-order valence-electron chi connectivity index (χ1n) is 7.17. The van der Waals surface area contributed by atoms with Gasteiger partial charge < -0.3 is 15.4 Å². The lowest BCUT2D eigenvalue weighted by Gasteiger charge is -2.16. The molecule has 0 aliphatic rings. The summed E-state index contributed by atoms with van der Waals surface area (Å²) in [4.78, 5) is 4.57. The number of hydrogen-bond acceptors (Lipinski definition) is 3. The number of aliphatic imine (C=N–C) groups is 1. The molecular formula is C14H28IN5O. The van der Waals surface area contributed by atoms with Crippen molar-refractivity contribution in [3.05, 3.63) is 18.0 Å². The first kappa shape index (κ1) is 20.2. The number of nitrogens with one attached hydrogen (secondary N) is 2. The third-order valence-corrected chi connectivity index (χ3v) is 2.80. The minimum absolute atomic E-state index is 0. The van der Waals surface area contributed by atoms with Gasteiger partial charge in [-0.25, -0.2) is 0 Å². The Balaban J connectivity index is 0.00000400. The minimum atomic E-state index is 0. The van der Waals surface area contributed by atoms with Crippen molar-refractivity contribution in [1.29, 1.82) is 0 Å². The highest BCUT2D eigenvalue weighted by Gasteiger charge is 2.04. The topological polar surface area (TPSA) is 63.5 Å². The van der Waals surface area contributed by atoms with E-state index < -0.39 is 0 Å². The molecule has 6 nitrogen and oxygen atoms in total. The van der Waals surface area contributed by atoms with E-state index in [1.807, 2.05) is 24.1 Å². The highest BCUT2D eigenvalue weighted by molar-refractivity contribution is 14.0. The lowest BCUT2D eigenvalue weighted by atomic mass is 10.2. The van der Waals surface area contributed by atoms with Gasteiger partial charge in [-0.05, 0) is 32.3 Å². The van der Waals surface area contributed by atoms with Gasteiger partial charge in [-0.15, -0.1) is 24.0 Å². The molecule has 7 heteroatoms. The van der Waals surface area contributed by atoms with Crippen LogP contribution in [-0.4, -0.2) is 48.6 Å². The van der Waals surface area contributed by atoms with Crippen molar-refractivity contribution in [2.75, 3.05) is 26.8 Å². The Bertz CT molecular complexity index is 408. The standard InChI is InChI=1S/C14H27N5O.HI/c1-5-15-14(18-12(2)11-20-4)16-8-6-7-13-9-17-19(3)10-13;/h9-10,12H,5-8,11H2,1-4H3,(H2,15,16,18);1H. The number of rotatable bonds is 8. The van der Waals surface area contributed by atoms with Crippen molar-refractivity contribution in [3.8, 4) is 0 Å². The molecule has 0 bridgehead atoms. The number of hydrogen-bond donors (Lipinski definition) is 2. The molecule has 0 aromatic carbocycles. The van der Waals surface area contributed by atoms with Gasteiger partial charge in [0.15, 0.2) is 5.96 Å². The third kappa shape index (κ3) is 8.92. The summed E-state index contributed by atoms with van der Waals surface area (Å²) in [6.45, 7) is 6.46. The molecule has 0 spiro atoms. The van der Waals surface area contributed by atoms with Gasteiger partial charge in [0.25, 0.3) is 0 Å². The summed E-state index contributed by atoms with van der Waals surface area (Å²) in [5.41, 5.74) is 1.26. The summed E-state index contributed by atoms with van der Waals surface area (Å²) in [7, 11) is 3.64. The molecule has 0 aliphatic carbocycles. The van der Waals surface area contributed by atoms with Crippen molar-refractivity contribution >= 4 is 29.9 Å². The van der Waals surface area contributed by atoms with Crippen LogP contribution < -0.4 is 10.6 Å². The van der Waals surface area contributed by atoms with E-state index in [1.165, 1.54) is 5.56 Å². The van der Waals surface area contributed by atoms with Crippen LogP contribution in [0.4, 0.5) is 0 Å². The Kier molecular flexibility index (Phi) is 11.3. The van der Waals surface area contributed by atoms with Crippen LogP contribution in [0.1, 0.15) is 25.8 Å². The number of ether oxygens (including phenoxy) is 1. The Morgan fingerprint density at radius 1 is 1.52 bits per heavy atom. The van der Waals surface area contributed by atoms with Crippen molar-refractivity contribution in [1.82, 2.24) is 20.4 Å². The zero-order valence-electron chi connectivity index (χ0n) is 13.4. The molecule has 1 atom stereocenters. The highest BCUT2D eigenvalue weighted by atomic mass is 127. The Labute approximate surface area is 144 Å². The lowest BCUT2D eigenvalue weighted by Crippen LogP contribution is -2.44. The maximum absolute atomic E-state index is 5.11. The second-order valence-corrected chi connectivity index (χ2v) is 4.89. The minimum Gasteiger partial charge on any atom is -0.383 e. The molecule has 1 rings (SSSR count). The molecule has 122 valence electrons. The SMILES string of the molecule is CCNC(=NCCCc1cnn(C)c1)NC(C)COC.I. The summed E-state index contributed by atoms with van der Waals surface area (Å²) < 4.78 is 6.94. The highest BCUT2D eigenvalue weighted by Crippen LogP contribution is 2.00. The van der Waals surface area contributed by atoms with Crippen molar-refractivity contribution < 1.29 is 4.74 Å². The summed E-state index contributed by atoms with van der Waals surface area (Å²) >= 11 is 0. The second kappa shape index (κ2) is 11.8. The van der Waals surface area contributed by atoms with Gasteiger partial charge in [-0.3, -0.25) is 9.67 Å². The molecule has 1 aromatic heterocycles. The fourth-order valence-corrected chi connectivity index (χ4v) is 1.92. The fraction of sp³-hybridized carbons (Fsp3) is 0.714. The molecule has 0 saturated carbocycles. The van der Waals surface area contributed by atoms with Gasteiger partial charge >= 0.3 is 0 Å². The molecule has 0 aliphatic heterocycles. The number of aryl methyl sites for hydroxylation is 2. The van der Waals surface area contributed by atoms with Gasteiger partial charge in [0, 0.05) is 39.5 Å². The monoisotopic (exact) mass is 409 g/mol. The van der Waals surface area contributed by atoms with E-state index in [4.69, 9.17) is 4.74 Å². The number of methoxy groups -OCH3 is 1. The molecule has 0 amide bonds. The van der Waals surface area contributed by atoms with Gasteiger partial charge in [-0.1, -0.05) is 0 Å². The van der Waals surface area contributed by atoms with Crippen molar-refractivity contribution in [3.63, 3.8) is 0 Å². The maximum Gasteiger partial charge on any atom is 0.191 e. The average molecular weight is 409 g/mol.